The Morgan fingerprint density at radius 3 is 2.19 bits per heavy atom. The summed E-state index contributed by atoms with van der Waals surface area (Å²) in [7, 11) is -3.08. The predicted molar refractivity (Wildman–Crippen MR) is 67.0 cm³/mol. The number of nitrogens with zero attached hydrogens (tertiary/aromatic N) is 1. The van der Waals surface area contributed by atoms with E-state index in [0.717, 1.165) is 19.6 Å². The Labute approximate surface area is 99.5 Å². The minimum atomic E-state index is -3.08. The average Bonchev–Trinajstić information content (AvgIpc) is 2.46. The van der Waals surface area contributed by atoms with Crippen molar-refractivity contribution in [3.05, 3.63) is 0 Å². The third kappa shape index (κ3) is 4.80. The van der Waals surface area contributed by atoms with Crippen molar-refractivity contribution in [2.24, 2.45) is 0 Å². The Kier molecular flexibility index (Phi) is 5.72. The lowest BCUT2D eigenvalue weighted by molar-refractivity contribution is 0.290. The van der Waals surface area contributed by atoms with Crippen LogP contribution in [0.25, 0.3) is 0 Å². The van der Waals surface area contributed by atoms with Crippen LogP contribution < -0.4 is 4.72 Å². The molecule has 0 bridgehead atoms. The van der Waals surface area contributed by atoms with E-state index >= 15 is 0 Å². The fraction of sp³-hybridized carbons (Fsp3) is 1.00. The van der Waals surface area contributed by atoms with Gasteiger partial charge in [-0.3, -0.25) is 0 Å². The third-order valence-corrected chi connectivity index (χ3v) is 4.90. The van der Waals surface area contributed by atoms with Crippen molar-refractivity contribution in [2.75, 3.05) is 26.2 Å². The molecule has 0 saturated carbocycles. The van der Waals surface area contributed by atoms with Crippen LogP contribution in [0.2, 0.25) is 0 Å². The molecule has 0 spiro atoms. The maximum atomic E-state index is 11.5. The topological polar surface area (TPSA) is 49.4 Å². The smallest absolute Gasteiger partial charge is 0.213 e. The Morgan fingerprint density at radius 2 is 1.69 bits per heavy atom. The molecule has 0 aromatic carbocycles. The predicted octanol–water partition coefficient (Wildman–Crippen LogP) is 1.19. The lowest BCUT2D eigenvalue weighted by Crippen LogP contribution is -2.38. The van der Waals surface area contributed by atoms with Gasteiger partial charge in [0.05, 0.1) is 5.25 Å². The highest BCUT2D eigenvalue weighted by molar-refractivity contribution is 7.90. The molecule has 1 heterocycles. The van der Waals surface area contributed by atoms with Crippen LogP contribution in [0.4, 0.5) is 0 Å². The first kappa shape index (κ1) is 13.9. The molecule has 1 rings (SSSR count). The number of hydrogen-bond donors (Lipinski definition) is 1. The van der Waals surface area contributed by atoms with Gasteiger partial charge in [0.25, 0.3) is 0 Å². The lowest BCUT2D eigenvalue weighted by Gasteiger charge is -2.20. The molecule has 1 aliphatic heterocycles. The molecule has 5 heteroatoms. The summed E-state index contributed by atoms with van der Waals surface area (Å²) in [5.41, 5.74) is 0. The second kappa shape index (κ2) is 6.57. The molecule has 0 aromatic rings. The summed E-state index contributed by atoms with van der Waals surface area (Å²) in [6.07, 6.45) is 5.12. The highest BCUT2D eigenvalue weighted by atomic mass is 32.2. The van der Waals surface area contributed by atoms with E-state index in [0.29, 0.717) is 6.54 Å². The van der Waals surface area contributed by atoms with E-state index < -0.39 is 10.0 Å². The van der Waals surface area contributed by atoms with Gasteiger partial charge in [0.15, 0.2) is 0 Å². The van der Waals surface area contributed by atoms with E-state index in [-0.39, 0.29) is 5.25 Å². The molecule has 1 aliphatic rings. The summed E-state index contributed by atoms with van der Waals surface area (Å²) in [6, 6.07) is 0. The molecule has 0 aromatic heterocycles. The molecule has 1 N–H and O–H groups in total. The van der Waals surface area contributed by atoms with Gasteiger partial charge < -0.3 is 4.90 Å². The molecule has 0 aliphatic carbocycles. The fourth-order valence-corrected chi connectivity index (χ4v) is 2.58. The van der Waals surface area contributed by atoms with Crippen LogP contribution in [0.1, 0.15) is 39.5 Å². The summed E-state index contributed by atoms with van der Waals surface area (Å²) in [5.74, 6) is 0. The Bertz CT molecular complexity index is 280. The van der Waals surface area contributed by atoms with Gasteiger partial charge in [-0.2, -0.15) is 0 Å². The summed E-state index contributed by atoms with van der Waals surface area (Å²) in [6.45, 7) is 7.02. The van der Waals surface area contributed by atoms with Crippen molar-refractivity contribution in [2.45, 2.75) is 44.8 Å². The monoisotopic (exact) mass is 248 g/mol. The lowest BCUT2D eigenvalue weighted by atomic mass is 10.2. The normalized spacial score (nSPS) is 19.9. The third-order valence-electron chi connectivity index (χ3n) is 3.05. The molecule has 0 amide bonds. The molecular weight excluding hydrogens is 224 g/mol. The maximum absolute atomic E-state index is 11.5. The van der Waals surface area contributed by atoms with Gasteiger partial charge in [0.2, 0.25) is 10.0 Å². The van der Waals surface area contributed by atoms with Gasteiger partial charge in [-0.05, 0) is 39.8 Å². The van der Waals surface area contributed by atoms with Gasteiger partial charge in [-0.15, -0.1) is 0 Å². The fourth-order valence-electron chi connectivity index (χ4n) is 1.87. The standard InChI is InChI=1S/C11H24N2O2S/c1-11(2)16(14,15)12-7-10-13-8-5-3-4-6-9-13/h11-12H,3-10H2,1-2H3. The van der Waals surface area contributed by atoms with Crippen LogP contribution >= 0.6 is 0 Å². The van der Waals surface area contributed by atoms with E-state index in [1.807, 2.05) is 0 Å². The molecule has 0 radical (unpaired) electrons. The van der Waals surface area contributed by atoms with E-state index in [2.05, 4.69) is 9.62 Å². The quantitative estimate of drug-likeness (QED) is 0.795. The highest BCUT2D eigenvalue weighted by Crippen LogP contribution is 2.08. The largest absolute Gasteiger partial charge is 0.302 e. The molecule has 0 unspecified atom stereocenters. The van der Waals surface area contributed by atoms with E-state index in [1.54, 1.807) is 13.8 Å². The molecular formula is C11H24N2O2S. The first-order valence-electron chi connectivity index (χ1n) is 6.23. The summed E-state index contributed by atoms with van der Waals surface area (Å²) >= 11 is 0. The molecule has 1 fully saturated rings. The van der Waals surface area contributed by atoms with Gasteiger partial charge in [0.1, 0.15) is 0 Å². The van der Waals surface area contributed by atoms with Crippen molar-refractivity contribution in [1.82, 2.24) is 9.62 Å². The van der Waals surface area contributed by atoms with Crippen LogP contribution in [-0.2, 0) is 10.0 Å². The summed E-state index contributed by atoms with van der Waals surface area (Å²) in [4.78, 5) is 2.36. The summed E-state index contributed by atoms with van der Waals surface area (Å²) < 4.78 is 25.7. The summed E-state index contributed by atoms with van der Waals surface area (Å²) in [5, 5.41) is -0.336. The maximum Gasteiger partial charge on any atom is 0.213 e. The van der Waals surface area contributed by atoms with Gasteiger partial charge in [-0.25, -0.2) is 13.1 Å². The van der Waals surface area contributed by atoms with E-state index in [1.165, 1.54) is 25.7 Å². The number of nitrogens with one attached hydrogen (secondary N) is 1. The molecule has 1 saturated heterocycles. The van der Waals surface area contributed by atoms with Gasteiger partial charge in [-0.1, -0.05) is 12.8 Å². The van der Waals surface area contributed by atoms with Crippen LogP contribution in [0.3, 0.4) is 0 Å². The number of hydrogen-bond acceptors (Lipinski definition) is 3. The Balaban J connectivity index is 2.24. The van der Waals surface area contributed by atoms with Crippen LogP contribution in [0.5, 0.6) is 0 Å². The second-order valence-electron chi connectivity index (χ2n) is 4.74. The number of likely N-dealkylation sites (tertiary alicyclic amines) is 1. The van der Waals surface area contributed by atoms with Crippen molar-refractivity contribution >= 4 is 10.0 Å². The minimum absolute atomic E-state index is 0.336. The molecule has 4 nitrogen and oxygen atoms in total. The van der Waals surface area contributed by atoms with Crippen molar-refractivity contribution in [3.8, 4) is 0 Å². The Morgan fingerprint density at radius 1 is 1.12 bits per heavy atom. The van der Waals surface area contributed by atoms with Gasteiger partial charge in [0, 0.05) is 13.1 Å². The second-order valence-corrected chi connectivity index (χ2v) is 7.07. The number of rotatable bonds is 5. The highest BCUT2D eigenvalue weighted by Gasteiger charge is 2.15. The van der Waals surface area contributed by atoms with E-state index in [4.69, 9.17) is 0 Å². The van der Waals surface area contributed by atoms with Crippen molar-refractivity contribution in [3.63, 3.8) is 0 Å². The molecule has 0 atom stereocenters. The van der Waals surface area contributed by atoms with Crippen molar-refractivity contribution in [1.29, 1.82) is 0 Å². The zero-order valence-electron chi connectivity index (χ0n) is 10.4. The Hall–Kier alpha value is -0.130. The van der Waals surface area contributed by atoms with Crippen LogP contribution in [0, 0.1) is 0 Å². The first-order valence-corrected chi connectivity index (χ1v) is 7.78. The van der Waals surface area contributed by atoms with Gasteiger partial charge >= 0.3 is 0 Å². The number of sulfonamides is 1. The molecule has 16 heavy (non-hydrogen) atoms. The zero-order valence-corrected chi connectivity index (χ0v) is 11.2. The van der Waals surface area contributed by atoms with Crippen LogP contribution in [0.15, 0.2) is 0 Å². The average molecular weight is 248 g/mol. The minimum Gasteiger partial charge on any atom is -0.302 e. The molecule has 96 valence electrons. The first-order chi connectivity index (χ1) is 7.52. The SMILES string of the molecule is CC(C)S(=O)(=O)NCCN1CCCCCC1. The van der Waals surface area contributed by atoms with Crippen molar-refractivity contribution < 1.29 is 8.42 Å². The van der Waals surface area contributed by atoms with Crippen LogP contribution in [-0.4, -0.2) is 44.7 Å². The zero-order chi connectivity index (χ0) is 12.0. The van der Waals surface area contributed by atoms with E-state index in [9.17, 15) is 8.42 Å².